The highest BCUT2D eigenvalue weighted by molar-refractivity contribution is 7.79. The van der Waals surface area contributed by atoms with Crippen LogP contribution in [0.5, 0.6) is 0 Å². The number of hydrogen-bond donors (Lipinski definition) is 6. The number of rotatable bonds is 2. The first-order valence-corrected chi connectivity index (χ1v) is 5.93. The maximum Gasteiger partial charge on any atom is 0.327 e. The number of hydrogen-bond acceptors (Lipinski definition) is 5. The van der Waals surface area contributed by atoms with Crippen LogP contribution >= 0.6 is 0 Å². The average Bonchev–Trinajstić information content (AvgIpc) is 2.59. The summed E-state index contributed by atoms with van der Waals surface area (Å²) in [6.45, 7) is 0.281. The van der Waals surface area contributed by atoms with Crippen molar-refractivity contribution in [2.75, 3.05) is 12.3 Å². The average molecular weight is 277 g/mol. The van der Waals surface area contributed by atoms with Gasteiger partial charge in [0, 0.05) is 6.54 Å². The van der Waals surface area contributed by atoms with Crippen LogP contribution in [-0.4, -0.2) is 41.0 Å². The molecular weight excluding hydrogens is 266 g/mol. The third-order valence-electron chi connectivity index (χ3n) is 1.71. The SMILES string of the molecule is NCCS(=O)O.O=c1[nH]c(=O)c2[nH]c(=O)[nH]c2[nH]1. The number of H-pyrrole nitrogens is 4. The number of imidazole rings is 1. The quantitative estimate of drug-likeness (QED) is 0.327. The van der Waals surface area contributed by atoms with E-state index in [0.29, 0.717) is 0 Å². The Hall–Kier alpha value is -1.98. The number of aromatic nitrogens is 4. The maximum absolute atomic E-state index is 10.9. The van der Waals surface area contributed by atoms with E-state index in [4.69, 9.17) is 10.3 Å². The third-order valence-corrected chi connectivity index (χ3v) is 2.30. The third kappa shape index (κ3) is 3.80. The van der Waals surface area contributed by atoms with Gasteiger partial charge in [0.2, 0.25) is 0 Å². The molecule has 2 aromatic rings. The molecule has 10 nitrogen and oxygen atoms in total. The van der Waals surface area contributed by atoms with Gasteiger partial charge < -0.3 is 10.3 Å². The van der Waals surface area contributed by atoms with Gasteiger partial charge >= 0.3 is 11.4 Å². The molecule has 0 amide bonds. The lowest BCUT2D eigenvalue weighted by atomic mass is 10.5. The molecule has 0 spiro atoms. The van der Waals surface area contributed by atoms with E-state index in [0.717, 1.165) is 0 Å². The highest BCUT2D eigenvalue weighted by Crippen LogP contribution is 1.88. The van der Waals surface area contributed by atoms with Crippen molar-refractivity contribution in [1.82, 2.24) is 19.9 Å². The molecule has 0 fully saturated rings. The normalized spacial score (nSPS) is 11.9. The van der Waals surface area contributed by atoms with E-state index in [9.17, 15) is 18.6 Å². The van der Waals surface area contributed by atoms with E-state index in [-0.39, 0.29) is 23.5 Å². The van der Waals surface area contributed by atoms with Gasteiger partial charge in [-0.3, -0.25) is 24.7 Å². The zero-order valence-electron chi connectivity index (χ0n) is 8.98. The Labute approximate surface area is 101 Å². The Morgan fingerprint density at radius 3 is 2.06 bits per heavy atom. The summed E-state index contributed by atoms with van der Waals surface area (Å²) in [5, 5.41) is 0. The van der Waals surface area contributed by atoms with Gasteiger partial charge in [0.05, 0.1) is 5.75 Å². The molecular formula is C7H11N5O5S. The van der Waals surface area contributed by atoms with Crippen LogP contribution in [0.4, 0.5) is 0 Å². The molecule has 0 aliphatic carbocycles. The van der Waals surface area contributed by atoms with Crippen LogP contribution in [0.15, 0.2) is 14.4 Å². The maximum atomic E-state index is 10.9. The van der Waals surface area contributed by atoms with Gasteiger partial charge in [-0.25, -0.2) is 13.8 Å². The van der Waals surface area contributed by atoms with Gasteiger partial charge in [-0.1, -0.05) is 0 Å². The molecule has 0 saturated heterocycles. The standard InChI is InChI=1S/C5H4N4O3.C2H7NO2S/c10-3-1-2(7-4(11)6-1)8-5(12)9-3;3-1-2-6(4)5/h(H4,6,7,8,9,10,11,12);1-3H2,(H,4,5). The van der Waals surface area contributed by atoms with Crippen molar-refractivity contribution in [3.05, 3.63) is 31.3 Å². The molecule has 100 valence electrons. The van der Waals surface area contributed by atoms with Crippen LogP contribution in [0.3, 0.4) is 0 Å². The van der Waals surface area contributed by atoms with Gasteiger partial charge in [-0.05, 0) is 0 Å². The molecule has 2 heterocycles. The fraction of sp³-hybridized carbons (Fsp3) is 0.286. The second-order valence-corrected chi connectivity index (χ2v) is 4.10. The number of nitrogens with two attached hydrogens (primary N) is 1. The van der Waals surface area contributed by atoms with Gasteiger partial charge in [0.15, 0.2) is 11.1 Å². The molecule has 11 heteroatoms. The predicted molar refractivity (Wildman–Crippen MR) is 64.9 cm³/mol. The summed E-state index contributed by atoms with van der Waals surface area (Å²) in [5.41, 5.74) is 3.22. The summed E-state index contributed by atoms with van der Waals surface area (Å²) in [6.07, 6.45) is 0. The second kappa shape index (κ2) is 6.09. The van der Waals surface area contributed by atoms with E-state index in [1.54, 1.807) is 0 Å². The molecule has 7 N–H and O–H groups in total. The van der Waals surface area contributed by atoms with E-state index < -0.39 is 28.0 Å². The van der Waals surface area contributed by atoms with Crippen molar-refractivity contribution < 1.29 is 8.76 Å². The lowest BCUT2D eigenvalue weighted by Crippen LogP contribution is -2.21. The number of nitrogens with one attached hydrogen (secondary N) is 4. The number of fused-ring (bicyclic) bond motifs is 1. The molecule has 1 atom stereocenters. The fourth-order valence-corrected chi connectivity index (χ4v) is 1.26. The van der Waals surface area contributed by atoms with Crippen molar-refractivity contribution >= 4 is 22.2 Å². The number of aromatic amines is 4. The fourth-order valence-electron chi connectivity index (χ4n) is 1.06. The minimum absolute atomic E-state index is 0.0413. The first-order chi connectivity index (χ1) is 8.43. The van der Waals surface area contributed by atoms with Gasteiger partial charge in [-0.2, -0.15) is 0 Å². The van der Waals surface area contributed by atoms with Crippen LogP contribution in [0.2, 0.25) is 0 Å². The van der Waals surface area contributed by atoms with E-state index in [2.05, 4.69) is 15.0 Å². The van der Waals surface area contributed by atoms with Crippen LogP contribution in [0, 0.1) is 0 Å². The Kier molecular flexibility index (Phi) is 4.76. The molecule has 1 unspecified atom stereocenters. The smallest absolute Gasteiger partial charge is 0.327 e. The highest BCUT2D eigenvalue weighted by Gasteiger charge is 2.02. The zero-order chi connectivity index (χ0) is 13.7. The first-order valence-electron chi connectivity index (χ1n) is 4.66. The first kappa shape index (κ1) is 14.1. The van der Waals surface area contributed by atoms with E-state index in [1.807, 2.05) is 4.98 Å². The Morgan fingerprint density at radius 1 is 1.06 bits per heavy atom. The summed E-state index contributed by atoms with van der Waals surface area (Å²) < 4.78 is 17.6. The van der Waals surface area contributed by atoms with Gasteiger partial charge in [0.25, 0.3) is 5.56 Å². The highest BCUT2D eigenvalue weighted by atomic mass is 32.2. The largest absolute Gasteiger partial charge is 0.329 e. The summed E-state index contributed by atoms with van der Waals surface area (Å²) in [6, 6.07) is 0. The summed E-state index contributed by atoms with van der Waals surface area (Å²) >= 11 is -1.69. The van der Waals surface area contributed by atoms with Crippen molar-refractivity contribution in [1.29, 1.82) is 0 Å². The molecule has 0 bridgehead atoms. The molecule has 2 rings (SSSR count). The van der Waals surface area contributed by atoms with Gasteiger partial charge in [0.1, 0.15) is 11.2 Å². The van der Waals surface area contributed by atoms with Crippen LogP contribution < -0.4 is 22.7 Å². The molecule has 0 aliphatic rings. The van der Waals surface area contributed by atoms with Crippen LogP contribution in [0.25, 0.3) is 11.2 Å². The topological polar surface area (TPSA) is 178 Å². The van der Waals surface area contributed by atoms with Crippen LogP contribution in [-0.2, 0) is 11.1 Å². The predicted octanol–water partition coefficient (Wildman–Crippen LogP) is -2.60. The molecule has 18 heavy (non-hydrogen) atoms. The zero-order valence-corrected chi connectivity index (χ0v) is 9.80. The minimum Gasteiger partial charge on any atom is -0.329 e. The van der Waals surface area contributed by atoms with Crippen molar-refractivity contribution in [2.45, 2.75) is 0 Å². The summed E-state index contributed by atoms with van der Waals surface area (Å²) in [5.74, 6) is 0.181. The minimum atomic E-state index is -1.69. The van der Waals surface area contributed by atoms with Gasteiger partial charge in [-0.15, -0.1) is 0 Å². The lowest BCUT2D eigenvalue weighted by Gasteiger charge is -1.83. The molecule has 2 aromatic heterocycles. The van der Waals surface area contributed by atoms with E-state index >= 15 is 0 Å². The molecule has 0 radical (unpaired) electrons. The Bertz CT molecular complexity index is 709. The monoisotopic (exact) mass is 277 g/mol. The van der Waals surface area contributed by atoms with Crippen molar-refractivity contribution in [3.63, 3.8) is 0 Å². The van der Waals surface area contributed by atoms with Crippen molar-refractivity contribution in [3.8, 4) is 0 Å². The lowest BCUT2D eigenvalue weighted by molar-refractivity contribution is 0.564. The summed E-state index contributed by atoms with van der Waals surface area (Å²) in [7, 11) is 0. The van der Waals surface area contributed by atoms with Crippen molar-refractivity contribution in [2.24, 2.45) is 5.73 Å². The van der Waals surface area contributed by atoms with E-state index in [1.165, 1.54) is 0 Å². The summed E-state index contributed by atoms with van der Waals surface area (Å²) in [4.78, 5) is 41.0. The second-order valence-electron chi connectivity index (χ2n) is 3.05. The molecule has 0 saturated carbocycles. The Balaban J connectivity index is 0.000000232. The Morgan fingerprint density at radius 2 is 1.61 bits per heavy atom. The molecule has 0 aromatic carbocycles. The van der Waals surface area contributed by atoms with Crippen LogP contribution in [0.1, 0.15) is 0 Å². The molecule has 0 aliphatic heterocycles.